The Morgan fingerprint density at radius 1 is 1.52 bits per heavy atom. The van der Waals surface area contributed by atoms with Crippen LogP contribution in [0.4, 0.5) is 4.79 Å². The maximum absolute atomic E-state index is 12.2. The van der Waals surface area contributed by atoms with Gasteiger partial charge in [0.2, 0.25) is 0 Å². The van der Waals surface area contributed by atoms with Crippen molar-refractivity contribution < 1.29 is 14.7 Å². The molecule has 116 valence electrons. The van der Waals surface area contributed by atoms with Gasteiger partial charge in [-0.3, -0.25) is 4.79 Å². The van der Waals surface area contributed by atoms with Gasteiger partial charge in [-0.1, -0.05) is 11.3 Å². The van der Waals surface area contributed by atoms with Crippen LogP contribution < -0.4 is 5.32 Å². The molecule has 21 heavy (non-hydrogen) atoms. The Labute approximate surface area is 123 Å². The zero-order chi connectivity index (χ0) is 16.0. The van der Waals surface area contributed by atoms with Crippen LogP contribution in [0.25, 0.3) is 0 Å². The summed E-state index contributed by atoms with van der Waals surface area (Å²) in [6, 6.07) is -0.241. The number of carboxylic acid groups (broad SMARTS) is 1. The molecule has 0 bridgehead atoms. The fourth-order valence-corrected chi connectivity index (χ4v) is 1.69. The highest BCUT2D eigenvalue weighted by molar-refractivity contribution is 5.75. The number of rotatable bonds is 6. The third-order valence-corrected chi connectivity index (χ3v) is 2.67. The number of nitrogens with one attached hydrogen (secondary N) is 1. The number of urea groups is 1. The summed E-state index contributed by atoms with van der Waals surface area (Å²) in [6.45, 7) is 9.79. The number of carboxylic acids is 1. The molecule has 0 saturated heterocycles. The number of hydrogen-bond donors (Lipinski definition) is 2. The minimum Gasteiger partial charge on any atom is -0.480 e. The van der Waals surface area contributed by atoms with Crippen LogP contribution in [-0.4, -0.2) is 49.1 Å². The largest absolute Gasteiger partial charge is 0.480 e. The van der Waals surface area contributed by atoms with Gasteiger partial charge >= 0.3 is 12.0 Å². The predicted molar refractivity (Wildman–Crippen MR) is 76.5 cm³/mol. The maximum Gasteiger partial charge on any atom is 0.325 e. The number of aliphatic carboxylic acids is 1. The first-order valence-corrected chi connectivity index (χ1v) is 6.51. The van der Waals surface area contributed by atoms with Gasteiger partial charge in [0.25, 0.3) is 0 Å². The summed E-state index contributed by atoms with van der Waals surface area (Å²) in [5.41, 5.74) is 0.163. The molecule has 8 nitrogen and oxygen atoms in total. The summed E-state index contributed by atoms with van der Waals surface area (Å²) >= 11 is 0. The lowest BCUT2D eigenvalue weighted by Gasteiger charge is -2.34. The first kappa shape index (κ1) is 16.7. The Kier molecular flexibility index (Phi) is 5.45. The molecular weight excluding hydrogens is 274 g/mol. The minimum absolute atomic E-state index is 0.183. The van der Waals surface area contributed by atoms with E-state index in [9.17, 15) is 9.59 Å². The van der Waals surface area contributed by atoms with Gasteiger partial charge in [0, 0.05) is 12.1 Å². The highest BCUT2D eigenvalue weighted by Gasteiger charge is 2.25. The molecule has 1 heterocycles. The molecule has 0 aliphatic rings. The van der Waals surface area contributed by atoms with Crippen LogP contribution in [0.2, 0.25) is 0 Å². The number of carbonyl (C=O) groups is 2. The molecule has 1 rings (SSSR count). The van der Waals surface area contributed by atoms with E-state index in [4.69, 9.17) is 5.11 Å². The van der Waals surface area contributed by atoms with E-state index in [1.807, 2.05) is 20.8 Å². The molecule has 0 radical (unpaired) electrons. The summed E-state index contributed by atoms with van der Waals surface area (Å²) in [5, 5.41) is 18.8. The number of nitrogens with zero attached hydrogens (tertiary/aromatic N) is 4. The number of hydrogen-bond acceptors (Lipinski definition) is 4. The van der Waals surface area contributed by atoms with Crippen molar-refractivity contribution >= 4 is 12.0 Å². The molecular formula is C13H21N5O3. The van der Waals surface area contributed by atoms with E-state index >= 15 is 0 Å². The Hall–Kier alpha value is -2.38. The number of aromatic nitrogens is 3. The highest BCUT2D eigenvalue weighted by Crippen LogP contribution is 2.13. The standard InChI is InChI=1S/C13H21N5O3/c1-5-6-18(13(2,3)4)12(21)14-7-10-8-17(16-15-10)9-11(19)20/h5,8H,1,6-7,9H2,2-4H3,(H,14,21)(H,19,20). The van der Waals surface area contributed by atoms with Crippen LogP contribution >= 0.6 is 0 Å². The Balaban J connectivity index is 2.60. The Morgan fingerprint density at radius 2 is 2.19 bits per heavy atom. The second-order valence-electron chi connectivity index (χ2n) is 5.53. The summed E-state index contributed by atoms with van der Waals surface area (Å²) in [6.07, 6.45) is 3.15. The van der Waals surface area contributed by atoms with E-state index in [0.717, 1.165) is 0 Å². The average Bonchev–Trinajstić information content (AvgIpc) is 2.78. The van der Waals surface area contributed by atoms with Gasteiger partial charge in [0.05, 0.1) is 12.7 Å². The number of amides is 2. The quantitative estimate of drug-likeness (QED) is 0.758. The van der Waals surface area contributed by atoms with Crippen LogP contribution in [0.5, 0.6) is 0 Å². The van der Waals surface area contributed by atoms with Crippen molar-refractivity contribution in [3.8, 4) is 0 Å². The molecule has 8 heteroatoms. The first-order valence-electron chi connectivity index (χ1n) is 6.51. The second kappa shape index (κ2) is 6.87. The molecule has 0 spiro atoms. The maximum atomic E-state index is 12.2. The molecule has 1 aromatic heterocycles. The van der Waals surface area contributed by atoms with E-state index in [1.165, 1.54) is 10.9 Å². The third-order valence-electron chi connectivity index (χ3n) is 2.67. The zero-order valence-electron chi connectivity index (χ0n) is 12.5. The highest BCUT2D eigenvalue weighted by atomic mass is 16.4. The topological polar surface area (TPSA) is 100 Å². The molecule has 0 unspecified atom stereocenters. The van der Waals surface area contributed by atoms with Gasteiger partial charge in [-0.2, -0.15) is 0 Å². The van der Waals surface area contributed by atoms with Gasteiger partial charge in [-0.05, 0) is 20.8 Å². The van der Waals surface area contributed by atoms with E-state index in [0.29, 0.717) is 12.2 Å². The summed E-state index contributed by atoms with van der Waals surface area (Å²) < 4.78 is 1.20. The van der Waals surface area contributed by atoms with Crippen molar-refractivity contribution in [2.24, 2.45) is 0 Å². The van der Waals surface area contributed by atoms with Crippen LogP contribution in [0.1, 0.15) is 26.5 Å². The van der Waals surface area contributed by atoms with Gasteiger partial charge in [-0.25, -0.2) is 9.48 Å². The van der Waals surface area contributed by atoms with E-state index in [1.54, 1.807) is 11.0 Å². The summed E-state index contributed by atoms with van der Waals surface area (Å²) in [7, 11) is 0. The van der Waals surface area contributed by atoms with E-state index in [-0.39, 0.29) is 24.7 Å². The van der Waals surface area contributed by atoms with Gasteiger partial charge in [0.15, 0.2) is 0 Å². The van der Waals surface area contributed by atoms with Crippen molar-refractivity contribution in [2.75, 3.05) is 6.54 Å². The average molecular weight is 295 g/mol. The van der Waals surface area contributed by atoms with Crippen LogP contribution in [-0.2, 0) is 17.9 Å². The summed E-state index contributed by atoms with van der Waals surface area (Å²) in [4.78, 5) is 24.3. The fraction of sp³-hybridized carbons (Fsp3) is 0.538. The van der Waals surface area contributed by atoms with Gasteiger partial charge in [-0.15, -0.1) is 11.7 Å². The molecule has 0 saturated carbocycles. The zero-order valence-corrected chi connectivity index (χ0v) is 12.5. The summed E-state index contributed by atoms with van der Waals surface area (Å²) in [5.74, 6) is -1.000. The lowest BCUT2D eigenvalue weighted by atomic mass is 10.1. The first-order chi connectivity index (χ1) is 9.74. The smallest absolute Gasteiger partial charge is 0.325 e. The van der Waals surface area contributed by atoms with Crippen molar-refractivity contribution in [3.05, 3.63) is 24.5 Å². The SMILES string of the molecule is C=CCN(C(=O)NCc1cn(CC(=O)O)nn1)C(C)(C)C. The lowest BCUT2D eigenvalue weighted by molar-refractivity contribution is -0.137. The molecule has 0 fully saturated rings. The van der Waals surface area contributed by atoms with Gasteiger partial charge in [0.1, 0.15) is 12.2 Å². The molecule has 0 aliphatic heterocycles. The molecule has 0 aromatic carbocycles. The number of carbonyl (C=O) groups excluding carboxylic acids is 1. The van der Waals surface area contributed by atoms with E-state index < -0.39 is 5.97 Å². The molecule has 1 aromatic rings. The lowest BCUT2D eigenvalue weighted by Crippen LogP contribution is -2.50. The van der Waals surface area contributed by atoms with Gasteiger partial charge < -0.3 is 15.3 Å². The monoisotopic (exact) mass is 295 g/mol. The normalized spacial score (nSPS) is 11.0. The third kappa shape index (κ3) is 5.25. The predicted octanol–water partition coefficient (Wildman–Crippen LogP) is 0.859. The van der Waals surface area contributed by atoms with Crippen LogP contribution in [0, 0.1) is 0 Å². The Morgan fingerprint density at radius 3 is 2.71 bits per heavy atom. The molecule has 2 amide bonds. The van der Waals surface area contributed by atoms with Crippen LogP contribution in [0.3, 0.4) is 0 Å². The molecule has 0 aliphatic carbocycles. The van der Waals surface area contributed by atoms with Crippen molar-refractivity contribution in [1.29, 1.82) is 0 Å². The van der Waals surface area contributed by atoms with Crippen molar-refractivity contribution in [3.63, 3.8) is 0 Å². The second-order valence-corrected chi connectivity index (χ2v) is 5.53. The minimum atomic E-state index is -1.000. The van der Waals surface area contributed by atoms with Crippen molar-refractivity contribution in [2.45, 2.75) is 39.4 Å². The van der Waals surface area contributed by atoms with E-state index in [2.05, 4.69) is 22.2 Å². The molecule has 2 N–H and O–H groups in total. The molecule has 0 atom stereocenters. The van der Waals surface area contributed by atoms with Crippen molar-refractivity contribution in [1.82, 2.24) is 25.2 Å². The fourth-order valence-electron chi connectivity index (χ4n) is 1.69. The van der Waals surface area contributed by atoms with Crippen LogP contribution in [0.15, 0.2) is 18.9 Å². The Bertz CT molecular complexity index is 518.